The molecule has 3 nitrogen and oxygen atoms in total. The third kappa shape index (κ3) is 2.05. The summed E-state index contributed by atoms with van der Waals surface area (Å²) in [5, 5.41) is 5.78. The lowest BCUT2D eigenvalue weighted by atomic mass is 9.95. The van der Waals surface area contributed by atoms with E-state index in [1.807, 2.05) is 4.68 Å². The number of aliphatic imine (C=N–C) groups is 1. The second kappa shape index (κ2) is 4.56. The van der Waals surface area contributed by atoms with Crippen LogP contribution in [0, 0.1) is 5.92 Å². The Morgan fingerprint density at radius 2 is 2.28 bits per heavy atom. The van der Waals surface area contributed by atoms with Crippen molar-refractivity contribution in [2.75, 3.05) is 6.54 Å². The lowest BCUT2D eigenvalue weighted by molar-refractivity contribution is 0.538. The van der Waals surface area contributed by atoms with Crippen LogP contribution in [0.25, 0.3) is 10.9 Å². The Hall–Kier alpha value is -1.64. The lowest BCUT2D eigenvalue weighted by Crippen LogP contribution is -2.14. The van der Waals surface area contributed by atoms with Gasteiger partial charge in [-0.15, -0.1) is 0 Å². The first kappa shape index (κ1) is 11.5. The van der Waals surface area contributed by atoms with E-state index in [2.05, 4.69) is 43.3 Å². The van der Waals surface area contributed by atoms with Crippen LogP contribution < -0.4 is 0 Å². The Balaban J connectivity index is 1.97. The molecule has 0 radical (unpaired) electrons. The summed E-state index contributed by atoms with van der Waals surface area (Å²) in [4.78, 5) is 4.70. The zero-order chi connectivity index (χ0) is 12.5. The highest BCUT2D eigenvalue weighted by atomic mass is 15.3. The molecule has 0 bridgehead atoms. The molecule has 0 N–H and O–H groups in total. The monoisotopic (exact) mass is 241 g/mol. The maximum atomic E-state index is 4.70. The molecular formula is C15H19N3. The molecule has 18 heavy (non-hydrogen) atoms. The van der Waals surface area contributed by atoms with E-state index in [-0.39, 0.29) is 0 Å². The zero-order valence-corrected chi connectivity index (χ0v) is 11.1. The minimum absolute atomic E-state index is 0.733. The molecule has 1 aromatic heterocycles. The molecule has 2 aromatic rings. The molecule has 0 unspecified atom stereocenters. The summed E-state index contributed by atoms with van der Waals surface area (Å²) < 4.78 is 1.99. The SMILES string of the molecule is CCn1cc2ccc(C3=NC[C@@H](C)CC3)cc2n1. The van der Waals surface area contributed by atoms with Crippen molar-refractivity contribution in [2.45, 2.75) is 33.2 Å². The number of benzene rings is 1. The minimum Gasteiger partial charge on any atom is -0.289 e. The maximum absolute atomic E-state index is 4.70. The summed E-state index contributed by atoms with van der Waals surface area (Å²) >= 11 is 0. The molecule has 0 amide bonds. The normalized spacial score (nSPS) is 20.1. The highest BCUT2D eigenvalue weighted by molar-refractivity contribution is 6.03. The van der Waals surface area contributed by atoms with Crippen LogP contribution in [0.15, 0.2) is 29.4 Å². The first-order chi connectivity index (χ1) is 8.76. The van der Waals surface area contributed by atoms with Crippen LogP contribution in [-0.2, 0) is 6.54 Å². The molecule has 0 saturated heterocycles. The Morgan fingerprint density at radius 1 is 1.39 bits per heavy atom. The Bertz CT molecular complexity index is 595. The second-order valence-corrected chi connectivity index (χ2v) is 5.19. The topological polar surface area (TPSA) is 30.2 Å². The van der Waals surface area contributed by atoms with Crippen molar-refractivity contribution in [3.63, 3.8) is 0 Å². The van der Waals surface area contributed by atoms with Gasteiger partial charge >= 0.3 is 0 Å². The number of hydrogen-bond acceptors (Lipinski definition) is 2. The van der Waals surface area contributed by atoms with Gasteiger partial charge in [0.2, 0.25) is 0 Å². The average molecular weight is 241 g/mol. The van der Waals surface area contributed by atoms with E-state index in [4.69, 9.17) is 4.99 Å². The predicted molar refractivity (Wildman–Crippen MR) is 75.2 cm³/mol. The third-order valence-electron chi connectivity index (χ3n) is 3.68. The molecule has 0 aliphatic carbocycles. The van der Waals surface area contributed by atoms with Gasteiger partial charge in [0.1, 0.15) is 0 Å². The highest BCUT2D eigenvalue weighted by Gasteiger charge is 2.13. The van der Waals surface area contributed by atoms with Crippen LogP contribution >= 0.6 is 0 Å². The lowest BCUT2D eigenvalue weighted by Gasteiger charge is -2.17. The third-order valence-corrected chi connectivity index (χ3v) is 3.68. The van der Waals surface area contributed by atoms with Crippen molar-refractivity contribution in [3.05, 3.63) is 30.0 Å². The predicted octanol–water partition coefficient (Wildman–Crippen LogP) is 3.28. The van der Waals surface area contributed by atoms with Gasteiger partial charge in [-0.2, -0.15) is 5.10 Å². The fraction of sp³-hybridized carbons (Fsp3) is 0.467. The van der Waals surface area contributed by atoms with E-state index < -0.39 is 0 Å². The number of nitrogens with zero attached hydrogens (tertiary/aromatic N) is 3. The first-order valence-corrected chi connectivity index (χ1v) is 6.77. The fourth-order valence-corrected chi connectivity index (χ4v) is 2.46. The standard InChI is InChI=1S/C15H19N3/c1-3-18-10-13-6-5-12(8-15(13)17-18)14-7-4-11(2)9-16-14/h5-6,8,10-11H,3-4,7,9H2,1-2H3/t11-/m0/s1. The van der Waals surface area contributed by atoms with E-state index in [9.17, 15) is 0 Å². The molecule has 1 aromatic carbocycles. The van der Waals surface area contributed by atoms with Crippen LogP contribution in [0.5, 0.6) is 0 Å². The first-order valence-electron chi connectivity index (χ1n) is 6.77. The molecule has 94 valence electrons. The van der Waals surface area contributed by atoms with Gasteiger partial charge in [-0.3, -0.25) is 9.67 Å². The maximum Gasteiger partial charge on any atom is 0.0929 e. The molecular weight excluding hydrogens is 222 g/mol. The quantitative estimate of drug-likeness (QED) is 0.793. The minimum atomic E-state index is 0.733. The summed E-state index contributed by atoms with van der Waals surface area (Å²) in [7, 11) is 0. The number of aromatic nitrogens is 2. The van der Waals surface area contributed by atoms with Crippen LogP contribution in [0.2, 0.25) is 0 Å². The van der Waals surface area contributed by atoms with Gasteiger partial charge in [-0.1, -0.05) is 19.1 Å². The van der Waals surface area contributed by atoms with Gasteiger partial charge in [0.25, 0.3) is 0 Å². The number of hydrogen-bond donors (Lipinski definition) is 0. The summed E-state index contributed by atoms with van der Waals surface area (Å²) in [5.74, 6) is 0.733. The number of aryl methyl sites for hydroxylation is 1. The molecule has 1 aliphatic heterocycles. The number of rotatable bonds is 2. The Labute approximate surface area is 108 Å². The van der Waals surface area contributed by atoms with E-state index in [1.165, 1.54) is 23.1 Å². The van der Waals surface area contributed by atoms with Gasteiger partial charge < -0.3 is 0 Å². The van der Waals surface area contributed by atoms with Crippen molar-refractivity contribution < 1.29 is 0 Å². The van der Waals surface area contributed by atoms with Gasteiger partial charge in [0, 0.05) is 30.4 Å². The Morgan fingerprint density at radius 3 is 3.00 bits per heavy atom. The van der Waals surface area contributed by atoms with E-state index in [0.717, 1.165) is 30.9 Å². The molecule has 1 atom stereocenters. The van der Waals surface area contributed by atoms with Gasteiger partial charge in [0.05, 0.1) is 5.52 Å². The summed E-state index contributed by atoms with van der Waals surface area (Å²) in [6, 6.07) is 6.51. The smallest absolute Gasteiger partial charge is 0.0929 e. The number of fused-ring (bicyclic) bond motifs is 1. The van der Waals surface area contributed by atoms with Crippen molar-refractivity contribution in [1.82, 2.24) is 9.78 Å². The van der Waals surface area contributed by atoms with Gasteiger partial charge in [-0.05, 0) is 37.3 Å². The van der Waals surface area contributed by atoms with E-state index in [1.54, 1.807) is 0 Å². The largest absolute Gasteiger partial charge is 0.289 e. The average Bonchev–Trinajstić information content (AvgIpc) is 2.81. The van der Waals surface area contributed by atoms with E-state index in [0.29, 0.717) is 0 Å². The van der Waals surface area contributed by atoms with Gasteiger partial charge in [-0.25, -0.2) is 0 Å². The van der Waals surface area contributed by atoms with E-state index >= 15 is 0 Å². The fourth-order valence-electron chi connectivity index (χ4n) is 2.46. The summed E-state index contributed by atoms with van der Waals surface area (Å²) in [6.07, 6.45) is 4.45. The molecule has 3 heteroatoms. The van der Waals surface area contributed by atoms with Gasteiger partial charge in [0.15, 0.2) is 0 Å². The van der Waals surface area contributed by atoms with Crippen LogP contribution in [0.1, 0.15) is 32.3 Å². The second-order valence-electron chi connectivity index (χ2n) is 5.19. The molecule has 1 aliphatic rings. The van der Waals surface area contributed by atoms with Crippen LogP contribution in [0.3, 0.4) is 0 Å². The molecule has 0 fully saturated rings. The van der Waals surface area contributed by atoms with Crippen LogP contribution in [-0.4, -0.2) is 22.0 Å². The Kier molecular flexibility index (Phi) is 2.90. The molecule has 2 heterocycles. The molecule has 3 rings (SSSR count). The highest BCUT2D eigenvalue weighted by Crippen LogP contribution is 2.21. The van der Waals surface area contributed by atoms with Crippen molar-refractivity contribution in [3.8, 4) is 0 Å². The van der Waals surface area contributed by atoms with Crippen molar-refractivity contribution in [2.24, 2.45) is 10.9 Å². The van der Waals surface area contributed by atoms with Crippen LogP contribution in [0.4, 0.5) is 0 Å². The zero-order valence-electron chi connectivity index (χ0n) is 11.1. The molecule has 0 saturated carbocycles. The summed E-state index contributed by atoms with van der Waals surface area (Å²) in [5.41, 5.74) is 3.58. The molecule has 0 spiro atoms. The summed E-state index contributed by atoms with van der Waals surface area (Å²) in [6.45, 7) is 6.27. The van der Waals surface area contributed by atoms with Crippen molar-refractivity contribution in [1.29, 1.82) is 0 Å². The van der Waals surface area contributed by atoms with Crippen molar-refractivity contribution >= 4 is 16.6 Å².